The molecule has 0 aliphatic heterocycles. The first-order valence-electron chi connectivity index (χ1n) is 28.6. The number of unbranched alkanes of at least 4 members (excludes halogenated alkanes) is 29. The number of phosphoric acid groups is 1. The van der Waals surface area contributed by atoms with Crippen molar-refractivity contribution >= 4 is 19.7 Å². The molecule has 10 heteroatoms. The van der Waals surface area contributed by atoms with Crippen LogP contribution < -0.4 is 10.2 Å². The summed E-state index contributed by atoms with van der Waals surface area (Å²) in [5.41, 5.74) is 0. The van der Waals surface area contributed by atoms with E-state index in [0.717, 1.165) is 89.9 Å². The number of nitrogens with zero attached hydrogens (tertiary/aromatic N) is 1. The van der Waals surface area contributed by atoms with E-state index in [1.807, 2.05) is 33.3 Å². The zero-order chi connectivity index (χ0) is 50.8. The van der Waals surface area contributed by atoms with Gasteiger partial charge in [-0.15, -0.1) is 0 Å². The summed E-state index contributed by atoms with van der Waals surface area (Å²) in [6, 6.07) is -0.896. The fourth-order valence-electron chi connectivity index (χ4n) is 8.05. The second kappa shape index (κ2) is 49.3. The van der Waals surface area contributed by atoms with Crippen LogP contribution in [0.3, 0.4) is 0 Å². The molecule has 0 aliphatic carbocycles. The second-order valence-electron chi connectivity index (χ2n) is 20.5. The Balaban J connectivity index is 5.40. The van der Waals surface area contributed by atoms with Gasteiger partial charge < -0.3 is 28.5 Å². The highest BCUT2D eigenvalue weighted by molar-refractivity contribution is 7.45. The Bertz CT molecular complexity index is 1370. The zero-order valence-electron chi connectivity index (χ0n) is 45.8. The number of allylic oxidation sites excluding steroid dienone is 9. The molecule has 3 unspecified atom stereocenters. The number of hydrogen-bond donors (Lipinski definition) is 1. The molecule has 69 heavy (non-hydrogen) atoms. The summed E-state index contributed by atoms with van der Waals surface area (Å²) in [5, 5.41) is 3.01. The lowest BCUT2D eigenvalue weighted by atomic mass is 10.0. The van der Waals surface area contributed by atoms with Gasteiger partial charge in [0.2, 0.25) is 5.91 Å². The fourth-order valence-corrected chi connectivity index (χ4v) is 8.77. The van der Waals surface area contributed by atoms with Crippen molar-refractivity contribution < 1.29 is 37.3 Å². The molecule has 0 aliphatic rings. The molecule has 0 spiro atoms. The molecule has 0 radical (unpaired) electrons. The number of nitrogens with one attached hydrogen (secondary N) is 1. The number of phosphoric ester groups is 1. The number of ether oxygens (including phenoxy) is 1. The standard InChI is InChI=1S/C59H109N2O7P/c1-7-10-13-16-19-22-25-28-30-33-36-39-42-45-48-51-58(62)60-56(55-67-69(64,65)66-54-53-61(4,5)6)57(50-47-44-41-38-35-32-27-24-21-18-15-12-9-3)68-59(63)52-49-46-43-40-37-34-31-29-26-23-20-17-14-11-8-2/h10,13,16,19,22-23,25-26,47,50,56-57H,7-9,11-12,14-15,17-18,20-21,24,27-46,48-49,51-55H2,1-6H3,(H-,60,62,64,65)/b13-10+,19-16+,25-22+,26-23-,50-47+. The lowest BCUT2D eigenvalue weighted by Gasteiger charge is -2.30. The molecule has 1 N–H and O–H groups in total. The first kappa shape index (κ1) is 66.7. The molecule has 1 amide bonds. The number of carbonyl (C=O) groups excluding carboxylic acids is 2. The van der Waals surface area contributed by atoms with Crippen molar-refractivity contribution in [3.63, 3.8) is 0 Å². The van der Waals surface area contributed by atoms with Gasteiger partial charge in [0.1, 0.15) is 19.3 Å². The van der Waals surface area contributed by atoms with Gasteiger partial charge in [0.25, 0.3) is 7.82 Å². The van der Waals surface area contributed by atoms with E-state index in [1.54, 1.807) is 0 Å². The van der Waals surface area contributed by atoms with Crippen LogP contribution in [0.5, 0.6) is 0 Å². The topological polar surface area (TPSA) is 114 Å². The maximum atomic E-state index is 13.5. The minimum Gasteiger partial charge on any atom is -0.756 e. The van der Waals surface area contributed by atoms with Gasteiger partial charge in [0.15, 0.2) is 0 Å². The number of esters is 1. The monoisotopic (exact) mass is 989 g/mol. The molecular weight excluding hydrogens is 880 g/mol. The van der Waals surface area contributed by atoms with Gasteiger partial charge in [-0.25, -0.2) is 0 Å². The van der Waals surface area contributed by atoms with Gasteiger partial charge in [-0.2, -0.15) is 0 Å². The average Bonchev–Trinajstić information content (AvgIpc) is 3.31. The number of hydrogen-bond acceptors (Lipinski definition) is 7. The average molecular weight is 990 g/mol. The third-order valence-electron chi connectivity index (χ3n) is 12.5. The van der Waals surface area contributed by atoms with Crippen molar-refractivity contribution in [2.24, 2.45) is 0 Å². The Labute approximate surface area is 426 Å². The summed E-state index contributed by atoms with van der Waals surface area (Å²) < 4.78 is 30.2. The molecule has 0 heterocycles. The summed E-state index contributed by atoms with van der Waals surface area (Å²) in [6.45, 7) is 6.69. The van der Waals surface area contributed by atoms with Crippen LogP contribution in [0.15, 0.2) is 60.8 Å². The van der Waals surface area contributed by atoms with Crippen LogP contribution >= 0.6 is 7.82 Å². The molecule has 402 valence electrons. The molecule has 0 rings (SSSR count). The van der Waals surface area contributed by atoms with Gasteiger partial charge in [0, 0.05) is 12.8 Å². The summed E-state index contributed by atoms with van der Waals surface area (Å²) in [6.07, 6.45) is 60.3. The van der Waals surface area contributed by atoms with E-state index in [4.69, 9.17) is 13.8 Å². The van der Waals surface area contributed by atoms with Crippen molar-refractivity contribution in [3.05, 3.63) is 60.8 Å². The van der Waals surface area contributed by atoms with Crippen molar-refractivity contribution in [1.29, 1.82) is 0 Å². The number of rotatable bonds is 51. The van der Waals surface area contributed by atoms with E-state index >= 15 is 0 Å². The number of carbonyl (C=O) groups is 2. The Morgan fingerprint density at radius 2 is 0.942 bits per heavy atom. The molecule has 3 atom stereocenters. The molecule has 0 saturated carbocycles. The molecule has 0 aromatic rings. The maximum absolute atomic E-state index is 13.5. The first-order chi connectivity index (χ1) is 33.4. The number of amides is 1. The summed E-state index contributed by atoms with van der Waals surface area (Å²) in [7, 11) is 1.17. The number of likely N-dealkylation sites (N-methyl/N-ethyl adjacent to an activating group) is 1. The molecule has 0 bridgehead atoms. The fraction of sp³-hybridized carbons (Fsp3) is 0.797. The SMILES string of the molecule is CC/C=C/C=C/C=C/CCCCCCCCCC(=O)NC(COP(=O)([O-])OCC[N+](C)(C)C)C(/C=C/CCCCCCCCCCCCC)OC(=O)CCCCCCCCC/C=C\CCCCCC. The van der Waals surface area contributed by atoms with Crippen LogP contribution in [-0.2, 0) is 27.9 Å². The van der Waals surface area contributed by atoms with E-state index in [9.17, 15) is 19.0 Å². The van der Waals surface area contributed by atoms with Crippen molar-refractivity contribution in [2.75, 3.05) is 40.9 Å². The van der Waals surface area contributed by atoms with Crippen LogP contribution in [0.2, 0.25) is 0 Å². The van der Waals surface area contributed by atoms with Crippen LogP contribution in [0, 0.1) is 0 Å². The van der Waals surface area contributed by atoms with Gasteiger partial charge >= 0.3 is 5.97 Å². The van der Waals surface area contributed by atoms with Crippen LogP contribution in [0.1, 0.15) is 252 Å². The molecular formula is C59H109N2O7P. The Kier molecular flexibility index (Phi) is 47.7. The van der Waals surface area contributed by atoms with Gasteiger partial charge in [0.05, 0.1) is 33.8 Å². The van der Waals surface area contributed by atoms with Crippen LogP contribution in [-0.4, -0.2) is 69.4 Å². The Morgan fingerprint density at radius 3 is 1.43 bits per heavy atom. The van der Waals surface area contributed by atoms with Gasteiger partial charge in [-0.1, -0.05) is 223 Å². The molecule has 9 nitrogen and oxygen atoms in total. The summed E-state index contributed by atoms with van der Waals surface area (Å²) >= 11 is 0. The quantitative estimate of drug-likeness (QED) is 0.0161. The lowest BCUT2D eigenvalue weighted by molar-refractivity contribution is -0.870. The van der Waals surface area contributed by atoms with E-state index < -0.39 is 26.6 Å². The third-order valence-corrected chi connectivity index (χ3v) is 13.5. The smallest absolute Gasteiger partial charge is 0.306 e. The van der Waals surface area contributed by atoms with Crippen molar-refractivity contribution in [3.8, 4) is 0 Å². The minimum atomic E-state index is -4.70. The molecule has 0 fully saturated rings. The van der Waals surface area contributed by atoms with Crippen LogP contribution in [0.4, 0.5) is 0 Å². The largest absolute Gasteiger partial charge is 0.756 e. The normalized spacial score (nSPS) is 14.2. The first-order valence-corrected chi connectivity index (χ1v) is 30.1. The zero-order valence-corrected chi connectivity index (χ0v) is 46.7. The van der Waals surface area contributed by atoms with E-state index in [0.29, 0.717) is 17.4 Å². The minimum absolute atomic E-state index is 0.0268. The second-order valence-corrected chi connectivity index (χ2v) is 21.9. The highest BCUT2D eigenvalue weighted by atomic mass is 31.2. The predicted molar refractivity (Wildman–Crippen MR) is 293 cm³/mol. The highest BCUT2D eigenvalue weighted by Gasteiger charge is 2.27. The summed E-state index contributed by atoms with van der Waals surface area (Å²) in [4.78, 5) is 39.8. The Morgan fingerprint density at radius 1 is 0.522 bits per heavy atom. The molecule has 0 aromatic carbocycles. The molecule has 0 aromatic heterocycles. The van der Waals surface area contributed by atoms with E-state index in [1.165, 1.54) is 128 Å². The molecule has 0 saturated heterocycles. The predicted octanol–water partition coefficient (Wildman–Crippen LogP) is 16.5. The lowest BCUT2D eigenvalue weighted by Crippen LogP contribution is -2.47. The van der Waals surface area contributed by atoms with Crippen molar-refractivity contribution in [1.82, 2.24) is 5.32 Å². The maximum Gasteiger partial charge on any atom is 0.306 e. The Hall–Kier alpha value is -2.29. The van der Waals surface area contributed by atoms with Gasteiger partial charge in [-0.05, 0) is 76.7 Å². The summed E-state index contributed by atoms with van der Waals surface area (Å²) in [5.74, 6) is -0.559. The van der Waals surface area contributed by atoms with E-state index in [-0.39, 0.29) is 24.9 Å². The van der Waals surface area contributed by atoms with Crippen LogP contribution in [0.25, 0.3) is 0 Å². The number of quaternary nitrogens is 1. The van der Waals surface area contributed by atoms with E-state index in [2.05, 4.69) is 74.7 Å². The highest BCUT2D eigenvalue weighted by Crippen LogP contribution is 2.38. The van der Waals surface area contributed by atoms with Crippen molar-refractivity contribution in [2.45, 2.75) is 264 Å². The van der Waals surface area contributed by atoms with Gasteiger partial charge in [-0.3, -0.25) is 14.2 Å². The third kappa shape index (κ3) is 50.4.